The molecule has 1 aliphatic carbocycles. The van der Waals surface area contributed by atoms with E-state index in [2.05, 4.69) is 10.6 Å². The Morgan fingerprint density at radius 2 is 2.24 bits per heavy atom. The van der Waals surface area contributed by atoms with Crippen molar-refractivity contribution in [2.45, 2.75) is 44.9 Å². The fraction of sp³-hybridized carbons (Fsp3) is 0.611. The van der Waals surface area contributed by atoms with Crippen LogP contribution in [0.5, 0.6) is 5.75 Å². The van der Waals surface area contributed by atoms with Crippen molar-refractivity contribution in [2.24, 2.45) is 5.92 Å². The van der Waals surface area contributed by atoms with Gasteiger partial charge >= 0.3 is 0 Å². The van der Waals surface area contributed by atoms with Crippen LogP contribution in [0.2, 0.25) is 0 Å². The molecule has 140 valence electrons. The van der Waals surface area contributed by atoms with Gasteiger partial charge in [-0.25, -0.2) is 4.39 Å². The van der Waals surface area contributed by atoms with Gasteiger partial charge in [-0.05, 0) is 50.3 Å². The topological polar surface area (TPSA) is 59.6 Å². The van der Waals surface area contributed by atoms with Crippen LogP contribution in [0.4, 0.5) is 4.39 Å². The number of ether oxygens (including phenoxy) is 2. The Morgan fingerprint density at radius 3 is 2.88 bits per heavy atom. The van der Waals surface area contributed by atoms with E-state index in [-0.39, 0.29) is 48.1 Å². The van der Waals surface area contributed by atoms with Gasteiger partial charge in [0.2, 0.25) is 5.91 Å². The maximum absolute atomic E-state index is 14.2. The van der Waals surface area contributed by atoms with Crippen LogP contribution in [0.25, 0.3) is 0 Å². The number of carbonyl (C=O) groups is 1. The number of halogens is 2. The molecule has 5 nitrogen and oxygen atoms in total. The lowest BCUT2D eigenvalue weighted by molar-refractivity contribution is -0.129. The minimum Gasteiger partial charge on any atom is -0.490 e. The molecular weight excluding hydrogens is 347 g/mol. The molecular formula is C18H26ClFN2O3. The van der Waals surface area contributed by atoms with Gasteiger partial charge in [0, 0.05) is 6.54 Å². The molecule has 1 saturated heterocycles. The maximum atomic E-state index is 14.2. The highest BCUT2D eigenvalue weighted by atomic mass is 35.5. The third kappa shape index (κ3) is 5.30. The molecule has 3 atom stereocenters. The van der Waals surface area contributed by atoms with E-state index in [0.717, 1.165) is 0 Å². The molecule has 0 bridgehead atoms. The molecule has 1 heterocycles. The fourth-order valence-corrected chi connectivity index (χ4v) is 2.81. The number of amides is 1. The summed E-state index contributed by atoms with van der Waals surface area (Å²) in [4.78, 5) is 12.4. The van der Waals surface area contributed by atoms with E-state index in [4.69, 9.17) is 9.47 Å². The van der Waals surface area contributed by atoms with Gasteiger partial charge in [0.1, 0.15) is 6.04 Å². The van der Waals surface area contributed by atoms with Crippen molar-refractivity contribution in [3.8, 4) is 5.75 Å². The van der Waals surface area contributed by atoms with Crippen molar-refractivity contribution in [3.05, 3.63) is 29.6 Å². The first-order valence-electron chi connectivity index (χ1n) is 8.62. The van der Waals surface area contributed by atoms with Gasteiger partial charge < -0.3 is 20.1 Å². The largest absolute Gasteiger partial charge is 0.490 e. The van der Waals surface area contributed by atoms with E-state index in [1.54, 1.807) is 12.1 Å². The van der Waals surface area contributed by atoms with Gasteiger partial charge in [0.15, 0.2) is 11.6 Å². The first-order valence-corrected chi connectivity index (χ1v) is 8.62. The second kappa shape index (κ2) is 8.83. The molecule has 3 rings (SSSR count). The zero-order chi connectivity index (χ0) is 17.1. The zero-order valence-electron chi connectivity index (χ0n) is 14.6. The molecule has 2 aliphatic rings. The number of benzene rings is 1. The number of nitrogens with one attached hydrogen (secondary N) is 2. The van der Waals surface area contributed by atoms with Crippen LogP contribution in [0.15, 0.2) is 18.2 Å². The number of rotatable bonds is 6. The average molecular weight is 373 g/mol. The van der Waals surface area contributed by atoms with E-state index >= 15 is 0 Å². The molecule has 1 saturated carbocycles. The quantitative estimate of drug-likeness (QED) is 0.805. The Kier molecular flexibility index (Phi) is 7.04. The Labute approximate surface area is 154 Å². The van der Waals surface area contributed by atoms with Crippen LogP contribution in [-0.4, -0.2) is 37.8 Å². The summed E-state index contributed by atoms with van der Waals surface area (Å²) in [6, 6.07) is 4.19. The van der Waals surface area contributed by atoms with Crippen LogP contribution in [0, 0.1) is 11.7 Å². The standard InChI is InChI=1S/C18H25FN2O3.ClH/c1-11(21-18(22)17-12(2)23-8-7-20-17)14-5-6-16(15(19)9-14)24-10-13-3-4-13;/h5-6,9,11-13,17,20H,3-4,7-8,10H2,1-2H3,(H,21,22);1H/t11?,12-,17+;/m1./s1. The molecule has 0 radical (unpaired) electrons. The van der Waals surface area contributed by atoms with Crippen molar-refractivity contribution < 1.29 is 18.7 Å². The number of morpholine rings is 1. The van der Waals surface area contributed by atoms with Crippen molar-refractivity contribution >= 4 is 18.3 Å². The molecule has 1 aliphatic heterocycles. The minimum absolute atomic E-state index is 0. The monoisotopic (exact) mass is 372 g/mol. The van der Waals surface area contributed by atoms with Crippen molar-refractivity contribution in [1.82, 2.24) is 10.6 Å². The van der Waals surface area contributed by atoms with Crippen molar-refractivity contribution in [1.29, 1.82) is 0 Å². The molecule has 1 aromatic carbocycles. The molecule has 25 heavy (non-hydrogen) atoms. The summed E-state index contributed by atoms with van der Waals surface area (Å²) < 4.78 is 25.1. The Balaban J connectivity index is 0.00000225. The molecule has 2 fully saturated rings. The summed E-state index contributed by atoms with van der Waals surface area (Å²) >= 11 is 0. The zero-order valence-corrected chi connectivity index (χ0v) is 15.4. The van der Waals surface area contributed by atoms with Gasteiger partial charge in [0.25, 0.3) is 0 Å². The Bertz CT molecular complexity index is 598. The normalized spacial score (nSPS) is 24.1. The molecule has 0 aromatic heterocycles. The molecule has 1 unspecified atom stereocenters. The first kappa shape index (κ1) is 19.9. The lowest BCUT2D eigenvalue weighted by Gasteiger charge is -2.30. The van der Waals surface area contributed by atoms with E-state index in [1.165, 1.54) is 18.9 Å². The lowest BCUT2D eigenvalue weighted by atomic mass is 10.1. The van der Waals surface area contributed by atoms with E-state index in [9.17, 15) is 9.18 Å². The van der Waals surface area contributed by atoms with Gasteiger partial charge in [-0.2, -0.15) is 0 Å². The summed E-state index contributed by atoms with van der Waals surface area (Å²) in [7, 11) is 0. The van der Waals surface area contributed by atoms with Gasteiger partial charge in [-0.1, -0.05) is 6.07 Å². The summed E-state index contributed by atoms with van der Waals surface area (Å²) in [6.07, 6.45) is 2.15. The highest BCUT2D eigenvalue weighted by Crippen LogP contribution is 2.30. The molecule has 2 N–H and O–H groups in total. The molecule has 1 aromatic rings. The summed E-state index contributed by atoms with van der Waals surface area (Å²) in [5.74, 6) is 0.334. The van der Waals surface area contributed by atoms with E-state index in [0.29, 0.717) is 31.2 Å². The number of hydrogen-bond donors (Lipinski definition) is 2. The summed E-state index contributed by atoms with van der Waals surface area (Å²) in [5.41, 5.74) is 0.712. The predicted octanol–water partition coefficient (Wildman–Crippen LogP) is 2.59. The Hall–Kier alpha value is -1.37. The van der Waals surface area contributed by atoms with E-state index < -0.39 is 0 Å². The van der Waals surface area contributed by atoms with Crippen LogP contribution in [0.3, 0.4) is 0 Å². The second-order valence-electron chi connectivity index (χ2n) is 6.68. The summed E-state index contributed by atoms with van der Waals surface area (Å²) in [5, 5.41) is 6.06. The third-order valence-corrected chi connectivity index (χ3v) is 4.59. The molecule has 1 amide bonds. The number of hydrogen-bond acceptors (Lipinski definition) is 4. The summed E-state index contributed by atoms with van der Waals surface area (Å²) in [6.45, 7) is 5.54. The van der Waals surface area contributed by atoms with Crippen LogP contribution in [0.1, 0.15) is 38.3 Å². The predicted molar refractivity (Wildman–Crippen MR) is 95.6 cm³/mol. The lowest BCUT2D eigenvalue weighted by Crippen LogP contribution is -2.55. The highest BCUT2D eigenvalue weighted by Gasteiger charge is 2.29. The van der Waals surface area contributed by atoms with Gasteiger partial charge in [-0.15, -0.1) is 12.4 Å². The van der Waals surface area contributed by atoms with Crippen LogP contribution in [-0.2, 0) is 9.53 Å². The fourth-order valence-electron chi connectivity index (χ4n) is 2.81. The smallest absolute Gasteiger partial charge is 0.240 e. The molecule has 7 heteroatoms. The number of carbonyl (C=O) groups excluding carboxylic acids is 1. The van der Waals surface area contributed by atoms with Gasteiger partial charge in [0.05, 0.1) is 25.4 Å². The molecule has 0 spiro atoms. The SMILES string of the molecule is CC(NC(=O)[C@H]1NCCO[C@@H]1C)c1ccc(OCC2CC2)c(F)c1.Cl. The highest BCUT2D eigenvalue weighted by molar-refractivity contribution is 5.85. The van der Waals surface area contributed by atoms with E-state index in [1.807, 2.05) is 13.8 Å². The van der Waals surface area contributed by atoms with Crippen molar-refractivity contribution in [3.63, 3.8) is 0 Å². The van der Waals surface area contributed by atoms with Crippen LogP contribution < -0.4 is 15.4 Å². The maximum Gasteiger partial charge on any atom is 0.240 e. The van der Waals surface area contributed by atoms with Crippen molar-refractivity contribution in [2.75, 3.05) is 19.8 Å². The second-order valence-corrected chi connectivity index (χ2v) is 6.68. The average Bonchev–Trinajstić information content (AvgIpc) is 3.38. The minimum atomic E-state index is -0.387. The van der Waals surface area contributed by atoms with Crippen LogP contribution >= 0.6 is 12.4 Å². The first-order chi connectivity index (χ1) is 11.5. The third-order valence-electron chi connectivity index (χ3n) is 4.59. The Morgan fingerprint density at radius 1 is 1.48 bits per heavy atom. The van der Waals surface area contributed by atoms with Gasteiger partial charge in [-0.3, -0.25) is 4.79 Å².